The molecule has 5 nitrogen and oxygen atoms in total. The number of hydrogen-bond donors (Lipinski definition) is 1. The quantitative estimate of drug-likeness (QED) is 0.793. The van der Waals surface area contributed by atoms with Crippen LogP contribution in [0.15, 0.2) is 20.9 Å². The fraction of sp³-hybridized carbons (Fsp3) is 0.500. The van der Waals surface area contributed by atoms with Gasteiger partial charge in [0.05, 0.1) is 9.09 Å². The van der Waals surface area contributed by atoms with Crippen LogP contribution in [-0.2, 0) is 6.42 Å². The van der Waals surface area contributed by atoms with E-state index in [1.807, 2.05) is 12.1 Å². The lowest BCUT2D eigenvalue weighted by atomic mass is 10.4. The van der Waals surface area contributed by atoms with E-state index >= 15 is 0 Å². The highest BCUT2D eigenvalue weighted by molar-refractivity contribution is 8.01. The number of aromatic nitrogens is 2. The lowest BCUT2D eigenvalue weighted by molar-refractivity contribution is 0.0957. The molecule has 2 aromatic rings. The van der Waals surface area contributed by atoms with E-state index in [4.69, 9.17) is 4.52 Å². The molecule has 7 heteroatoms. The summed E-state index contributed by atoms with van der Waals surface area (Å²) in [5.74, 6) is 2.89. The number of nitrogens with zero attached hydrogens (tertiary/aromatic N) is 2. The van der Waals surface area contributed by atoms with Crippen LogP contribution in [0.3, 0.4) is 0 Å². The molecule has 1 saturated carbocycles. The molecule has 1 aliphatic carbocycles. The minimum atomic E-state index is -0.0371. The predicted molar refractivity (Wildman–Crippen MR) is 83.0 cm³/mol. The summed E-state index contributed by atoms with van der Waals surface area (Å²) in [6.45, 7) is 2.61. The Hall–Kier alpha value is -1.34. The molecule has 1 aliphatic rings. The maximum atomic E-state index is 12.0. The van der Waals surface area contributed by atoms with Gasteiger partial charge >= 0.3 is 0 Å². The first kappa shape index (κ1) is 14.6. The van der Waals surface area contributed by atoms with Crippen molar-refractivity contribution in [2.75, 3.05) is 12.3 Å². The van der Waals surface area contributed by atoms with Crippen LogP contribution < -0.4 is 5.32 Å². The van der Waals surface area contributed by atoms with Gasteiger partial charge in [-0.25, -0.2) is 0 Å². The number of hydrogen-bond acceptors (Lipinski definition) is 6. The molecule has 1 fully saturated rings. The molecule has 0 bridgehead atoms. The van der Waals surface area contributed by atoms with Crippen molar-refractivity contribution in [2.45, 2.75) is 36.3 Å². The summed E-state index contributed by atoms with van der Waals surface area (Å²) >= 11 is 3.28. The maximum Gasteiger partial charge on any atom is 0.261 e. The predicted octanol–water partition coefficient (Wildman–Crippen LogP) is 3.09. The molecular formula is C14H17N3O2S2. The Morgan fingerprint density at radius 3 is 3.14 bits per heavy atom. The van der Waals surface area contributed by atoms with Crippen LogP contribution in [0.4, 0.5) is 0 Å². The summed E-state index contributed by atoms with van der Waals surface area (Å²) in [6.07, 6.45) is 2.89. The maximum absolute atomic E-state index is 12.0. The first-order valence-corrected chi connectivity index (χ1v) is 8.89. The second-order valence-electron chi connectivity index (χ2n) is 4.88. The van der Waals surface area contributed by atoms with E-state index in [2.05, 4.69) is 22.4 Å². The third-order valence-electron chi connectivity index (χ3n) is 3.14. The summed E-state index contributed by atoms with van der Waals surface area (Å²) < 4.78 is 6.35. The Labute approximate surface area is 131 Å². The van der Waals surface area contributed by atoms with Crippen LogP contribution in [0.5, 0.6) is 0 Å². The van der Waals surface area contributed by atoms with Gasteiger partial charge in [-0.2, -0.15) is 4.98 Å². The summed E-state index contributed by atoms with van der Waals surface area (Å²) in [7, 11) is 0. The molecule has 0 atom stereocenters. The molecule has 0 radical (unpaired) electrons. The van der Waals surface area contributed by atoms with E-state index < -0.39 is 0 Å². The smallest absolute Gasteiger partial charge is 0.261 e. The molecule has 0 unspecified atom stereocenters. The Morgan fingerprint density at radius 2 is 2.38 bits per heavy atom. The highest BCUT2D eigenvalue weighted by Crippen LogP contribution is 2.38. The van der Waals surface area contributed by atoms with Gasteiger partial charge in [-0.1, -0.05) is 12.1 Å². The van der Waals surface area contributed by atoms with Crippen molar-refractivity contribution in [1.29, 1.82) is 0 Å². The molecule has 0 saturated heterocycles. The summed E-state index contributed by atoms with van der Waals surface area (Å²) in [6, 6.07) is 3.86. The van der Waals surface area contributed by atoms with E-state index in [9.17, 15) is 4.79 Å². The second-order valence-corrected chi connectivity index (χ2v) is 7.53. The minimum Gasteiger partial charge on any atom is -0.351 e. The first-order chi connectivity index (χ1) is 10.3. The molecule has 0 aliphatic heterocycles. The molecule has 1 amide bonds. The van der Waals surface area contributed by atoms with Crippen LogP contribution in [0.1, 0.15) is 47.1 Å². The van der Waals surface area contributed by atoms with E-state index in [0.717, 1.165) is 29.3 Å². The molecule has 3 rings (SSSR count). The largest absolute Gasteiger partial charge is 0.351 e. The SMILES string of the molecule is CCSc1ccc(C(=O)NCCc2nc(C3CC3)no2)s1. The second kappa shape index (κ2) is 6.62. The zero-order chi connectivity index (χ0) is 14.7. The van der Waals surface area contributed by atoms with Crippen LogP contribution in [0.25, 0.3) is 0 Å². The zero-order valence-corrected chi connectivity index (χ0v) is 13.4. The molecule has 2 aromatic heterocycles. The third-order valence-corrected chi connectivity index (χ3v) is 5.33. The van der Waals surface area contributed by atoms with Crippen LogP contribution in [-0.4, -0.2) is 28.3 Å². The number of carbonyl (C=O) groups excluding carboxylic acids is 1. The van der Waals surface area contributed by atoms with E-state index in [1.165, 1.54) is 15.5 Å². The minimum absolute atomic E-state index is 0.0371. The molecule has 0 spiro atoms. The lowest BCUT2D eigenvalue weighted by Crippen LogP contribution is -2.24. The topological polar surface area (TPSA) is 68.0 Å². The van der Waals surface area contributed by atoms with Gasteiger partial charge in [0, 0.05) is 18.9 Å². The highest BCUT2D eigenvalue weighted by atomic mass is 32.2. The van der Waals surface area contributed by atoms with Gasteiger partial charge in [-0.05, 0) is 30.7 Å². The average molecular weight is 323 g/mol. The Bertz CT molecular complexity index is 619. The molecule has 2 heterocycles. The Kier molecular flexibility index (Phi) is 4.60. The number of thiophene rings is 1. The molecule has 0 aromatic carbocycles. The van der Waals surface area contributed by atoms with Crippen molar-refractivity contribution >= 4 is 29.0 Å². The van der Waals surface area contributed by atoms with E-state index in [-0.39, 0.29) is 5.91 Å². The van der Waals surface area contributed by atoms with Crippen molar-refractivity contribution in [3.05, 3.63) is 28.7 Å². The van der Waals surface area contributed by atoms with Crippen molar-refractivity contribution in [1.82, 2.24) is 15.5 Å². The van der Waals surface area contributed by atoms with E-state index in [1.54, 1.807) is 11.8 Å². The first-order valence-electron chi connectivity index (χ1n) is 7.09. The van der Waals surface area contributed by atoms with Crippen LogP contribution in [0, 0.1) is 0 Å². The number of thioether (sulfide) groups is 1. The van der Waals surface area contributed by atoms with Gasteiger partial charge in [-0.15, -0.1) is 23.1 Å². The van der Waals surface area contributed by atoms with E-state index in [0.29, 0.717) is 24.8 Å². The van der Waals surface area contributed by atoms with Gasteiger partial charge in [0.15, 0.2) is 5.82 Å². The number of nitrogens with one attached hydrogen (secondary N) is 1. The third kappa shape index (κ3) is 3.85. The number of carbonyl (C=O) groups is 1. The van der Waals surface area contributed by atoms with Gasteiger partial charge in [0.25, 0.3) is 5.91 Å². The summed E-state index contributed by atoms with van der Waals surface area (Å²) in [4.78, 5) is 17.1. The van der Waals surface area contributed by atoms with Gasteiger partial charge in [-0.3, -0.25) is 4.79 Å². The molecular weight excluding hydrogens is 306 g/mol. The summed E-state index contributed by atoms with van der Waals surface area (Å²) in [5, 5.41) is 6.85. The number of amides is 1. The monoisotopic (exact) mass is 323 g/mol. The van der Waals surface area contributed by atoms with Crippen molar-refractivity contribution in [3.63, 3.8) is 0 Å². The fourth-order valence-corrected chi connectivity index (χ4v) is 3.87. The average Bonchev–Trinajstić information content (AvgIpc) is 3.04. The van der Waals surface area contributed by atoms with Crippen LogP contribution in [0.2, 0.25) is 0 Å². The Morgan fingerprint density at radius 1 is 1.52 bits per heavy atom. The molecule has 1 N–H and O–H groups in total. The zero-order valence-electron chi connectivity index (χ0n) is 11.8. The molecule has 112 valence electrons. The van der Waals surface area contributed by atoms with Crippen molar-refractivity contribution in [3.8, 4) is 0 Å². The fourth-order valence-electron chi connectivity index (χ4n) is 1.91. The summed E-state index contributed by atoms with van der Waals surface area (Å²) in [5.41, 5.74) is 0. The van der Waals surface area contributed by atoms with Gasteiger partial charge in [0.1, 0.15) is 0 Å². The van der Waals surface area contributed by atoms with Crippen molar-refractivity contribution < 1.29 is 9.32 Å². The van der Waals surface area contributed by atoms with Crippen LogP contribution >= 0.6 is 23.1 Å². The standard InChI is InChI=1S/C14H17N3O2S2/c1-2-20-12-6-5-10(21-12)14(18)15-8-7-11-16-13(17-19-11)9-3-4-9/h5-6,9H,2-4,7-8H2,1H3,(H,15,18). The normalized spacial score (nSPS) is 14.3. The lowest BCUT2D eigenvalue weighted by Gasteiger charge is -2.00. The van der Waals surface area contributed by atoms with Gasteiger partial charge in [0.2, 0.25) is 5.89 Å². The van der Waals surface area contributed by atoms with Gasteiger partial charge < -0.3 is 9.84 Å². The molecule has 21 heavy (non-hydrogen) atoms. The van der Waals surface area contributed by atoms with Crippen molar-refractivity contribution in [2.24, 2.45) is 0 Å². The number of rotatable bonds is 7. The Balaban J connectivity index is 1.46. The highest BCUT2D eigenvalue weighted by Gasteiger charge is 2.28.